The standard InChI is InChI=1S/C32H32N4OS2.ClH/c37-31(28-21-26-22-34-29-13-6-14-30(39-28)36(26)29)33-17-7-10-23-15-18-35(19-16-23)32(38)27-12-5-4-11-25(27)20-24-8-2-1-3-9-24;/h1-6,8-9,11-14,21-23H,7,10,15-20H2,(H,33,37);1H. The zero-order valence-corrected chi connectivity index (χ0v) is 24.7. The molecular weight excluding hydrogens is 556 g/mol. The lowest BCUT2D eigenvalue weighted by Crippen LogP contribution is -2.38. The fourth-order valence-corrected chi connectivity index (χ4v) is 6.96. The van der Waals surface area contributed by atoms with Crippen LogP contribution in [-0.4, -0.2) is 44.8 Å². The normalized spacial score (nSPS) is 14.9. The first-order valence-corrected chi connectivity index (χ1v) is 14.9. The number of rotatable bonds is 8. The molecule has 1 saturated heterocycles. The van der Waals surface area contributed by atoms with Gasteiger partial charge in [-0.3, -0.25) is 9.20 Å². The average molecular weight is 589 g/mol. The number of thiocarbonyl (C=S) groups is 1. The number of hydrogen-bond acceptors (Lipinski definition) is 4. The third-order valence-electron chi connectivity index (χ3n) is 7.70. The molecule has 1 fully saturated rings. The summed E-state index contributed by atoms with van der Waals surface area (Å²) in [5, 5.41) is 4.16. The van der Waals surface area contributed by atoms with E-state index in [1.165, 1.54) is 28.5 Å². The first kappa shape index (κ1) is 28.4. The number of amides is 1. The first-order valence-electron chi connectivity index (χ1n) is 13.7. The minimum absolute atomic E-state index is 0. The van der Waals surface area contributed by atoms with Gasteiger partial charge in [-0.05, 0) is 67.4 Å². The van der Waals surface area contributed by atoms with Crippen molar-refractivity contribution in [3.05, 3.63) is 106 Å². The summed E-state index contributed by atoms with van der Waals surface area (Å²) >= 11 is 7.49. The Balaban J connectivity index is 0.00000323. The monoisotopic (exact) mass is 588 g/mol. The Labute approximate surface area is 251 Å². The van der Waals surface area contributed by atoms with Crippen LogP contribution in [0.3, 0.4) is 0 Å². The highest BCUT2D eigenvalue weighted by Gasteiger charge is 2.23. The number of nitrogens with one attached hydrogen (secondary N) is 1. The van der Waals surface area contributed by atoms with Gasteiger partial charge >= 0.3 is 0 Å². The molecule has 0 atom stereocenters. The average Bonchev–Trinajstić information content (AvgIpc) is 3.40. The molecule has 0 unspecified atom stereocenters. The minimum Gasteiger partial charge on any atom is -0.362 e. The van der Waals surface area contributed by atoms with E-state index in [-0.39, 0.29) is 18.3 Å². The van der Waals surface area contributed by atoms with E-state index in [1.54, 1.807) is 0 Å². The maximum atomic E-state index is 12.8. The summed E-state index contributed by atoms with van der Waals surface area (Å²) < 4.78 is 2.08. The maximum absolute atomic E-state index is 12.8. The molecule has 2 aromatic carbocycles. The molecule has 2 aliphatic rings. The predicted octanol–water partition coefficient (Wildman–Crippen LogP) is 6.78. The first-order chi connectivity index (χ1) is 19.2. The molecule has 0 bridgehead atoms. The number of halogens is 1. The van der Waals surface area contributed by atoms with Crippen LogP contribution in [0.25, 0.3) is 11.7 Å². The number of benzene rings is 2. The maximum Gasteiger partial charge on any atom is 0.258 e. The van der Waals surface area contributed by atoms with Gasteiger partial charge in [0.1, 0.15) is 10.6 Å². The molecule has 0 radical (unpaired) electrons. The highest BCUT2D eigenvalue weighted by atomic mass is 35.5. The van der Waals surface area contributed by atoms with E-state index >= 15 is 0 Å². The van der Waals surface area contributed by atoms with Crippen LogP contribution in [0.2, 0.25) is 0 Å². The van der Waals surface area contributed by atoms with Crippen LogP contribution in [0.4, 0.5) is 0 Å². The third kappa shape index (κ3) is 6.27. The SMILES string of the molecule is Cl.O=C(NCCCC1CCN(C(=S)c2ccccc2Cc2ccccc2)CC1)C1=Cc2cnc3cccc(n23)S1. The smallest absolute Gasteiger partial charge is 0.258 e. The van der Waals surface area contributed by atoms with E-state index in [0.717, 1.165) is 71.5 Å². The number of carbonyl (C=O) groups is 1. The summed E-state index contributed by atoms with van der Waals surface area (Å²) in [6.45, 7) is 2.70. The van der Waals surface area contributed by atoms with Gasteiger partial charge in [-0.1, -0.05) is 84.6 Å². The van der Waals surface area contributed by atoms with Crippen LogP contribution in [0.15, 0.2) is 88.9 Å². The number of hydrogen-bond donors (Lipinski definition) is 1. The molecule has 1 N–H and O–H groups in total. The van der Waals surface area contributed by atoms with Gasteiger partial charge in [0, 0.05) is 25.2 Å². The van der Waals surface area contributed by atoms with Gasteiger partial charge in [-0.15, -0.1) is 12.4 Å². The summed E-state index contributed by atoms with van der Waals surface area (Å²) in [6, 6.07) is 25.2. The van der Waals surface area contributed by atoms with Crippen molar-refractivity contribution < 1.29 is 4.79 Å². The second-order valence-electron chi connectivity index (χ2n) is 10.3. The molecule has 2 aromatic heterocycles. The van der Waals surface area contributed by atoms with Crippen LogP contribution in [0, 0.1) is 5.92 Å². The molecule has 0 spiro atoms. The van der Waals surface area contributed by atoms with Gasteiger partial charge in [0.25, 0.3) is 5.91 Å². The predicted molar refractivity (Wildman–Crippen MR) is 170 cm³/mol. The summed E-state index contributed by atoms with van der Waals surface area (Å²) in [5.41, 5.74) is 5.65. The van der Waals surface area contributed by atoms with Gasteiger partial charge in [0.05, 0.1) is 21.8 Å². The topological polar surface area (TPSA) is 49.6 Å². The van der Waals surface area contributed by atoms with Crippen LogP contribution in [0.5, 0.6) is 0 Å². The fourth-order valence-electron chi connectivity index (χ4n) is 5.57. The Morgan fingerprint density at radius 1 is 1.00 bits per heavy atom. The van der Waals surface area contributed by atoms with Gasteiger partial charge < -0.3 is 10.2 Å². The van der Waals surface area contributed by atoms with E-state index in [0.29, 0.717) is 12.5 Å². The van der Waals surface area contributed by atoms with Crippen molar-refractivity contribution in [2.24, 2.45) is 5.92 Å². The molecule has 1 amide bonds. The Morgan fingerprint density at radius 2 is 1.77 bits per heavy atom. The lowest BCUT2D eigenvalue weighted by Gasteiger charge is -2.34. The van der Waals surface area contributed by atoms with Crippen LogP contribution in [0.1, 0.15) is 48.1 Å². The minimum atomic E-state index is -0.00112. The molecule has 6 rings (SSSR count). The second-order valence-corrected chi connectivity index (χ2v) is 11.8. The number of nitrogens with zero attached hydrogens (tertiary/aromatic N) is 3. The summed E-state index contributed by atoms with van der Waals surface area (Å²) in [7, 11) is 0. The Hall–Kier alpha value is -3.13. The van der Waals surface area contributed by atoms with Crippen molar-refractivity contribution in [3.63, 3.8) is 0 Å². The number of piperidine rings is 1. The van der Waals surface area contributed by atoms with Crippen LogP contribution in [-0.2, 0) is 11.2 Å². The van der Waals surface area contributed by atoms with Crippen molar-refractivity contribution >= 4 is 59.0 Å². The molecule has 5 nitrogen and oxygen atoms in total. The Kier molecular flexibility index (Phi) is 9.25. The second kappa shape index (κ2) is 13.0. The zero-order valence-electron chi connectivity index (χ0n) is 22.3. The van der Waals surface area contributed by atoms with Gasteiger partial charge in [0.2, 0.25) is 0 Å². The van der Waals surface area contributed by atoms with E-state index in [1.807, 2.05) is 30.5 Å². The summed E-state index contributed by atoms with van der Waals surface area (Å²) in [5.74, 6) is 0.675. The number of aromatic nitrogens is 2. The van der Waals surface area contributed by atoms with Gasteiger partial charge in [-0.25, -0.2) is 4.98 Å². The Bertz CT molecular complexity index is 1530. The molecule has 4 heterocycles. The van der Waals surface area contributed by atoms with Crippen molar-refractivity contribution in [2.45, 2.75) is 37.1 Å². The highest BCUT2D eigenvalue weighted by Crippen LogP contribution is 2.34. The number of carbonyl (C=O) groups excluding carboxylic acids is 1. The number of likely N-dealkylation sites (tertiary alicyclic amines) is 1. The molecule has 8 heteroatoms. The van der Waals surface area contributed by atoms with Gasteiger partial charge in [-0.2, -0.15) is 0 Å². The lowest BCUT2D eigenvalue weighted by atomic mass is 9.91. The molecule has 2 aliphatic heterocycles. The van der Waals surface area contributed by atoms with Crippen molar-refractivity contribution in [1.82, 2.24) is 19.6 Å². The fraction of sp³-hybridized carbons (Fsp3) is 0.281. The third-order valence-corrected chi connectivity index (χ3v) is 9.23. The largest absolute Gasteiger partial charge is 0.362 e. The van der Waals surface area contributed by atoms with Crippen LogP contribution >= 0.6 is 36.4 Å². The molecule has 206 valence electrons. The summed E-state index contributed by atoms with van der Waals surface area (Å²) in [6.07, 6.45) is 9.06. The van der Waals surface area contributed by atoms with Gasteiger partial charge in [0.15, 0.2) is 0 Å². The van der Waals surface area contributed by atoms with Crippen molar-refractivity contribution in [2.75, 3.05) is 19.6 Å². The number of thioether (sulfide) groups is 1. The molecule has 40 heavy (non-hydrogen) atoms. The van der Waals surface area contributed by atoms with Crippen molar-refractivity contribution in [1.29, 1.82) is 0 Å². The molecular formula is C32H33ClN4OS2. The van der Waals surface area contributed by atoms with E-state index < -0.39 is 0 Å². The zero-order chi connectivity index (χ0) is 26.6. The summed E-state index contributed by atoms with van der Waals surface area (Å²) in [4.78, 5) is 21.4. The molecule has 0 aliphatic carbocycles. The van der Waals surface area contributed by atoms with Crippen molar-refractivity contribution in [3.8, 4) is 0 Å². The molecule has 0 saturated carbocycles. The Morgan fingerprint density at radius 3 is 2.60 bits per heavy atom. The van der Waals surface area contributed by atoms with Crippen LogP contribution < -0.4 is 5.32 Å². The lowest BCUT2D eigenvalue weighted by molar-refractivity contribution is -0.116. The van der Waals surface area contributed by atoms with E-state index in [2.05, 4.69) is 74.2 Å². The van der Waals surface area contributed by atoms with E-state index in [4.69, 9.17) is 12.2 Å². The number of pyridine rings is 1. The van der Waals surface area contributed by atoms with E-state index in [9.17, 15) is 4.79 Å². The quantitative estimate of drug-likeness (QED) is 0.182. The highest BCUT2D eigenvalue weighted by molar-refractivity contribution is 8.04. The molecule has 4 aromatic rings. The number of imidazole rings is 1.